The minimum atomic E-state index is -1.43. The summed E-state index contributed by atoms with van der Waals surface area (Å²) in [5.74, 6) is -2.57. The van der Waals surface area contributed by atoms with Crippen LogP contribution in [0.15, 0.2) is 36.4 Å². The Bertz CT molecular complexity index is 1400. The van der Waals surface area contributed by atoms with E-state index in [1.807, 2.05) is 0 Å². The number of carboxylic acids is 1. The number of aromatic amines is 1. The molecule has 0 aliphatic carbocycles. The van der Waals surface area contributed by atoms with Gasteiger partial charge in [0, 0.05) is 5.69 Å². The molecule has 13 heteroatoms. The SMILES string of the molecule is Cc1cc(C(=O)Nc2ccccc2C(=O)Nc2nn(C(=O)O)c3sc(C(=O)O)cc23)n[nH]1. The van der Waals surface area contributed by atoms with Crippen molar-refractivity contribution in [3.8, 4) is 0 Å². The Kier molecular flexibility index (Phi) is 5.16. The van der Waals surface area contributed by atoms with Crippen LogP contribution in [0.3, 0.4) is 0 Å². The average molecular weight is 454 g/mol. The molecule has 0 bridgehead atoms. The summed E-state index contributed by atoms with van der Waals surface area (Å²) in [4.78, 5) is 48.0. The zero-order valence-corrected chi connectivity index (χ0v) is 17.1. The summed E-state index contributed by atoms with van der Waals surface area (Å²) in [6.07, 6.45) is -1.43. The van der Waals surface area contributed by atoms with E-state index in [0.29, 0.717) is 10.4 Å². The maximum Gasteiger partial charge on any atom is 0.433 e. The van der Waals surface area contributed by atoms with Crippen LogP contribution in [0, 0.1) is 6.92 Å². The fraction of sp³-hybridized carbons (Fsp3) is 0.0526. The van der Waals surface area contributed by atoms with Crippen LogP contribution in [0.5, 0.6) is 0 Å². The molecular formula is C19H14N6O6S. The molecule has 3 aromatic heterocycles. The molecule has 4 aromatic rings. The third kappa shape index (κ3) is 3.79. The zero-order valence-electron chi connectivity index (χ0n) is 16.2. The molecule has 0 spiro atoms. The third-order valence-corrected chi connectivity index (χ3v) is 5.44. The molecule has 162 valence electrons. The van der Waals surface area contributed by atoms with Crippen LogP contribution in [0.25, 0.3) is 10.2 Å². The number of nitrogens with one attached hydrogen (secondary N) is 3. The monoisotopic (exact) mass is 454 g/mol. The Morgan fingerprint density at radius 3 is 2.47 bits per heavy atom. The van der Waals surface area contributed by atoms with Crippen LogP contribution in [-0.2, 0) is 0 Å². The number of anilines is 2. The van der Waals surface area contributed by atoms with Crippen molar-refractivity contribution in [1.29, 1.82) is 0 Å². The second-order valence-electron chi connectivity index (χ2n) is 6.57. The maximum absolute atomic E-state index is 12.9. The average Bonchev–Trinajstić information content (AvgIpc) is 3.44. The van der Waals surface area contributed by atoms with E-state index in [1.54, 1.807) is 25.1 Å². The Morgan fingerprint density at radius 1 is 1.06 bits per heavy atom. The number of para-hydroxylation sites is 1. The molecular weight excluding hydrogens is 440 g/mol. The molecule has 0 unspecified atom stereocenters. The lowest BCUT2D eigenvalue weighted by atomic mass is 10.1. The second-order valence-corrected chi connectivity index (χ2v) is 7.60. The number of aromatic carboxylic acids is 1. The van der Waals surface area contributed by atoms with Crippen molar-refractivity contribution in [2.24, 2.45) is 0 Å². The lowest BCUT2D eigenvalue weighted by Crippen LogP contribution is -2.19. The first-order valence-electron chi connectivity index (χ1n) is 8.97. The van der Waals surface area contributed by atoms with Gasteiger partial charge >= 0.3 is 12.1 Å². The predicted octanol–water partition coefficient (Wildman–Crippen LogP) is 2.86. The minimum Gasteiger partial charge on any atom is -0.477 e. The molecule has 12 nitrogen and oxygen atoms in total. The number of rotatable bonds is 5. The van der Waals surface area contributed by atoms with Crippen molar-refractivity contribution < 1.29 is 29.4 Å². The van der Waals surface area contributed by atoms with Crippen molar-refractivity contribution in [3.05, 3.63) is 58.2 Å². The van der Waals surface area contributed by atoms with E-state index in [2.05, 4.69) is 25.9 Å². The number of hydrogen-bond acceptors (Lipinski definition) is 7. The summed E-state index contributed by atoms with van der Waals surface area (Å²) < 4.78 is 0.593. The molecule has 0 fully saturated rings. The van der Waals surface area contributed by atoms with Crippen LogP contribution < -0.4 is 10.6 Å². The maximum atomic E-state index is 12.9. The van der Waals surface area contributed by atoms with E-state index in [0.717, 1.165) is 11.3 Å². The molecule has 32 heavy (non-hydrogen) atoms. The number of carbonyl (C=O) groups excluding carboxylic acids is 2. The quantitative estimate of drug-likeness (QED) is 0.305. The van der Waals surface area contributed by atoms with Gasteiger partial charge in [0.05, 0.1) is 16.6 Å². The van der Waals surface area contributed by atoms with Crippen LogP contribution >= 0.6 is 11.3 Å². The third-order valence-electron chi connectivity index (χ3n) is 4.34. The number of carboxylic acid groups (broad SMARTS) is 2. The number of benzene rings is 1. The highest BCUT2D eigenvalue weighted by atomic mass is 32.1. The fourth-order valence-electron chi connectivity index (χ4n) is 2.92. The summed E-state index contributed by atoms with van der Waals surface area (Å²) in [7, 11) is 0. The minimum absolute atomic E-state index is 0.0562. The molecule has 0 aliphatic heterocycles. The van der Waals surface area contributed by atoms with E-state index >= 15 is 0 Å². The Morgan fingerprint density at radius 2 is 1.81 bits per heavy atom. The number of amides is 2. The Balaban J connectivity index is 1.65. The van der Waals surface area contributed by atoms with Crippen LogP contribution in [0.1, 0.15) is 36.2 Å². The van der Waals surface area contributed by atoms with Crippen molar-refractivity contribution in [2.45, 2.75) is 6.92 Å². The van der Waals surface area contributed by atoms with Gasteiger partial charge in [-0.05, 0) is 31.2 Å². The number of aryl methyl sites for hydroxylation is 1. The predicted molar refractivity (Wildman–Crippen MR) is 114 cm³/mol. The molecule has 0 saturated heterocycles. The van der Waals surface area contributed by atoms with Gasteiger partial charge in [0.1, 0.15) is 9.71 Å². The molecule has 0 radical (unpaired) electrons. The van der Waals surface area contributed by atoms with E-state index in [-0.39, 0.29) is 37.9 Å². The van der Waals surface area contributed by atoms with Crippen molar-refractivity contribution >= 4 is 56.9 Å². The molecule has 5 N–H and O–H groups in total. The number of fused-ring (bicyclic) bond motifs is 1. The molecule has 0 atom stereocenters. The normalized spacial score (nSPS) is 10.8. The summed E-state index contributed by atoms with van der Waals surface area (Å²) in [6, 6.07) is 8.97. The van der Waals surface area contributed by atoms with Gasteiger partial charge in [0.25, 0.3) is 11.8 Å². The van der Waals surface area contributed by atoms with Crippen molar-refractivity contribution in [3.63, 3.8) is 0 Å². The first-order chi connectivity index (χ1) is 15.2. The molecule has 1 aromatic carbocycles. The summed E-state index contributed by atoms with van der Waals surface area (Å²) >= 11 is 0.717. The van der Waals surface area contributed by atoms with Crippen molar-refractivity contribution in [2.75, 3.05) is 10.6 Å². The van der Waals surface area contributed by atoms with Gasteiger partial charge in [-0.25, -0.2) is 9.59 Å². The van der Waals surface area contributed by atoms with Gasteiger partial charge in [0.15, 0.2) is 11.5 Å². The zero-order chi connectivity index (χ0) is 23.0. The number of nitrogens with zero attached hydrogens (tertiary/aromatic N) is 3. The van der Waals surface area contributed by atoms with Crippen LogP contribution in [0.2, 0.25) is 0 Å². The van der Waals surface area contributed by atoms with E-state index < -0.39 is 23.9 Å². The first-order valence-corrected chi connectivity index (χ1v) is 9.79. The number of aromatic nitrogens is 4. The molecule has 2 amide bonds. The lowest BCUT2D eigenvalue weighted by Gasteiger charge is -2.10. The number of thiophene rings is 1. The summed E-state index contributed by atoms with van der Waals surface area (Å²) in [6.45, 7) is 1.74. The first kappa shape index (κ1) is 20.7. The van der Waals surface area contributed by atoms with Crippen LogP contribution in [-0.4, -0.2) is 54.1 Å². The second kappa shape index (κ2) is 7.96. The Labute approximate surface area is 182 Å². The number of hydrogen-bond donors (Lipinski definition) is 5. The largest absolute Gasteiger partial charge is 0.477 e. The molecule has 0 saturated carbocycles. The van der Waals surface area contributed by atoms with Crippen LogP contribution in [0.4, 0.5) is 16.3 Å². The van der Waals surface area contributed by atoms with Gasteiger partial charge in [-0.1, -0.05) is 12.1 Å². The van der Waals surface area contributed by atoms with E-state index in [4.69, 9.17) is 0 Å². The van der Waals surface area contributed by atoms with E-state index in [9.17, 15) is 29.4 Å². The smallest absolute Gasteiger partial charge is 0.433 e. The Hall–Kier alpha value is -4.52. The summed E-state index contributed by atoms with van der Waals surface area (Å²) in [5, 5.41) is 34.2. The summed E-state index contributed by atoms with van der Waals surface area (Å²) in [5.41, 5.74) is 1.11. The fourth-order valence-corrected chi connectivity index (χ4v) is 3.86. The molecule has 3 heterocycles. The topological polar surface area (TPSA) is 179 Å². The highest BCUT2D eigenvalue weighted by molar-refractivity contribution is 7.20. The van der Waals surface area contributed by atoms with Gasteiger partial charge in [-0.3, -0.25) is 14.7 Å². The number of carbonyl (C=O) groups is 4. The molecule has 0 aliphatic rings. The van der Waals surface area contributed by atoms with Gasteiger partial charge < -0.3 is 20.8 Å². The highest BCUT2D eigenvalue weighted by Gasteiger charge is 2.23. The van der Waals surface area contributed by atoms with Gasteiger partial charge in [0.2, 0.25) is 0 Å². The standard InChI is InChI=1S/C19H14N6O6S/c1-8-6-12(23-22-8)16(27)20-11-5-3-2-4-9(11)15(26)21-14-10-7-13(18(28)29)32-17(10)25(24-14)19(30)31/h2-7H,1H3,(H,20,27)(H,22,23)(H,28,29)(H,30,31)(H,21,24,26). The highest BCUT2D eigenvalue weighted by Crippen LogP contribution is 2.32. The number of H-pyrrole nitrogens is 1. The van der Waals surface area contributed by atoms with Gasteiger partial charge in [-0.2, -0.15) is 9.78 Å². The molecule has 4 rings (SSSR count). The van der Waals surface area contributed by atoms with Crippen molar-refractivity contribution in [1.82, 2.24) is 20.0 Å². The lowest BCUT2D eigenvalue weighted by molar-refractivity contribution is 0.0701. The van der Waals surface area contributed by atoms with Gasteiger partial charge in [-0.15, -0.1) is 16.4 Å². The van der Waals surface area contributed by atoms with E-state index in [1.165, 1.54) is 18.2 Å².